The highest BCUT2D eigenvalue weighted by Crippen LogP contribution is 2.15. The average Bonchev–Trinajstić information content (AvgIpc) is 2.52. The van der Waals surface area contributed by atoms with E-state index >= 15 is 0 Å². The second-order valence-corrected chi connectivity index (χ2v) is 6.45. The van der Waals surface area contributed by atoms with Crippen LogP contribution in [-0.4, -0.2) is 42.6 Å². The van der Waals surface area contributed by atoms with E-state index in [4.69, 9.17) is 0 Å². The van der Waals surface area contributed by atoms with Crippen LogP contribution in [0.4, 0.5) is 4.79 Å². The Kier molecular flexibility index (Phi) is 6.72. The molecule has 1 heterocycles. The van der Waals surface area contributed by atoms with E-state index in [0.717, 1.165) is 19.5 Å². The number of likely N-dealkylation sites (tertiary alicyclic amines) is 1. The van der Waals surface area contributed by atoms with E-state index in [1.807, 2.05) is 19.9 Å². The fourth-order valence-electron chi connectivity index (χ4n) is 3.02. The summed E-state index contributed by atoms with van der Waals surface area (Å²) in [7, 11) is 0. The molecule has 22 heavy (non-hydrogen) atoms. The quantitative estimate of drug-likeness (QED) is 0.849. The van der Waals surface area contributed by atoms with E-state index in [9.17, 15) is 4.79 Å². The van der Waals surface area contributed by atoms with Gasteiger partial charge in [0, 0.05) is 18.6 Å². The van der Waals surface area contributed by atoms with Gasteiger partial charge < -0.3 is 10.6 Å². The minimum Gasteiger partial charge on any atom is -0.337 e. The molecule has 122 valence electrons. The topological polar surface area (TPSA) is 44.4 Å². The van der Waals surface area contributed by atoms with Crippen LogP contribution in [0.15, 0.2) is 30.3 Å². The first-order valence-electron chi connectivity index (χ1n) is 8.47. The Morgan fingerprint density at radius 3 is 2.45 bits per heavy atom. The van der Waals surface area contributed by atoms with Crippen molar-refractivity contribution in [1.82, 2.24) is 15.5 Å². The van der Waals surface area contributed by atoms with Crippen LogP contribution in [0.25, 0.3) is 0 Å². The van der Waals surface area contributed by atoms with E-state index in [2.05, 4.69) is 39.8 Å². The summed E-state index contributed by atoms with van der Waals surface area (Å²) in [4.78, 5) is 14.4. The predicted octanol–water partition coefficient (Wildman–Crippen LogP) is 2.79. The molecule has 2 N–H and O–H groups in total. The number of nitrogens with one attached hydrogen (secondary N) is 2. The number of hydrogen-bond acceptors (Lipinski definition) is 2. The van der Waals surface area contributed by atoms with Gasteiger partial charge in [-0.15, -0.1) is 0 Å². The first-order chi connectivity index (χ1) is 10.6. The zero-order valence-corrected chi connectivity index (χ0v) is 13.8. The Labute approximate surface area is 134 Å². The fourth-order valence-corrected chi connectivity index (χ4v) is 3.02. The van der Waals surface area contributed by atoms with Gasteiger partial charge in [-0.1, -0.05) is 36.8 Å². The number of amides is 2. The molecule has 1 fully saturated rings. The second-order valence-electron chi connectivity index (χ2n) is 6.45. The van der Waals surface area contributed by atoms with Gasteiger partial charge in [0.15, 0.2) is 0 Å². The lowest BCUT2D eigenvalue weighted by Gasteiger charge is -2.35. The summed E-state index contributed by atoms with van der Waals surface area (Å²) in [6.45, 7) is 6.95. The summed E-state index contributed by atoms with van der Waals surface area (Å²) in [5.41, 5.74) is 1.34. The van der Waals surface area contributed by atoms with Crippen molar-refractivity contribution in [3.63, 3.8) is 0 Å². The van der Waals surface area contributed by atoms with Gasteiger partial charge >= 0.3 is 6.03 Å². The molecule has 1 unspecified atom stereocenters. The smallest absolute Gasteiger partial charge is 0.315 e. The van der Waals surface area contributed by atoms with Crippen LogP contribution in [0.2, 0.25) is 0 Å². The largest absolute Gasteiger partial charge is 0.337 e. The summed E-state index contributed by atoms with van der Waals surface area (Å²) in [5.74, 6) is 0. The van der Waals surface area contributed by atoms with Crippen LogP contribution in [0.5, 0.6) is 0 Å². The molecule has 1 atom stereocenters. The lowest BCUT2D eigenvalue weighted by Crippen LogP contribution is -2.49. The lowest BCUT2D eigenvalue weighted by molar-refractivity contribution is 0.158. The molecule has 2 amide bonds. The summed E-state index contributed by atoms with van der Waals surface area (Å²) in [6.07, 6.45) is 4.85. The highest BCUT2D eigenvalue weighted by molar-refractivity contribution is 5.74. The highest BCUT2D eigenvalue weighted by atomic mass is 16.2. The number of hydrogen-bond donors (Lipinski definition) is 2. The molecule has 0 radical (unpaired) electrons. The molecule has 0 spiro atoms. The number of urea groups is 1. The minimum absolute atomic E-state index is 0.0647. The Hall–Kier alpha value is -1.55. The summed E-state index contributed by atoms with van der Waals surface area (Å²) >= 11 is 0. The Morgan fingerprint density at radius 2 is 1.82 bits per heavy atom. The molecule has 0 aromatic heterocycles. The standard InChI is InChI=1S/C18H29N3O/c1-15(2)20-18(22)19-14-17(21-11-7-4-8-12-21)13-16-9-5-3-6-10-16/h3,5-6,9-10,15,17H,4,7-8,11-14H2,1-2H3,(H2,19,20,22). The third kappa shape index (κ3) is 5.68. The minimum atomic E-state index is -0.0647. The first-order valence-corrected chi connectivity index (χ1v) is 8.47. The molecule has 4 heteroatoms. The van der Waals surface area contributed by atoms with Gasteiger partial charge in [0.25, 0.3) is 0 Å². The van der Waals surface area contributed by atoms with Crippen LogP contribution in [0.3, 0.4) is 0 Å². The van der Waals surface area contributed by atoms with E-state index < -0.39 is 0 Å². The monoisotopic (exact) mass is 303 g/mol. The highest BCUT2D eigenvalue weighted by Gasteiger charge is 2.21. The number of rotatable bonds is 6. The third-order valence-corrected chi connectivity index (χ3v) is 4.14. The maximum Gasteiger partial charge on any atom is 0.315 e. The zero-order valence-electron chi connectivity index (χ0n) is 13.8. The van der Waals surface area contributed by atoms with Gasteiger partial charge in [0.1, 0.15) is 0 Å². The summed E-state index contributed by atoms with van der Waals surface area (Å²) in [6, 6.07) is 11.0. The van der Waals surface area contributed by atoms with Crippen molar-refractivity contribution in [1.29, 1.82) is 0 Å². The van der Waals surface area contributed by atoms with Crippen molar-refractivity contribution in [2.75, 3.05) is 19.6 Å². The molecule has 1 aromatic rings. The molecule has 0 aliphatic carbocycles. The van der Waals surface area contributed by atoms with Crippen molar-refractivity contribution >= 4 is 6.03 Å². The Morgan fingerprint density at radius 1 is 1.14 bits per heavy atom. The van der Waals surface area contributed by atoms with Crippen LogP contribution < -0.4 is 10.6 Å². The normalized spacial score (nSPS) is 17.2. The SMILES string of the molecule is CC(C)NC(=O)NCC(Cc1ccccc1)N1CCCCC1. The predicted molar refractivity (Wildman–Crippen MR) is 91.0 cm³/mol. The van der Waals surface area contributed by atoms with Gasteiger partial charge in [0.05, 0.1) is 0 Å². The van der Waals surface area contributed by atoms with Gasteiger partial charge in [-0.3, -0.25) is 4.90 Å². The van der Waals surface area contributed by atoms with E-state index in [1.54, 1.807) is 0 Å². The number of piperidine rings is 1. The molecule has 2 rings (SSSR count). The molecule has 1 aromatic carbocycles. The molecular weight excluding hydrogens is 274 g/mol. The van der Waals surface area contributed by atoms with Gasteiger partial charge in [-0.2, -0.15) is 0 Å². The van der Waals surface area contributed by atoms with Crippen LogP contribution in [0.1, 0.15) is 38.7 Å². The molecule has 4 nitrogen and oxygen atoms in total. The molecule has 0 bridgehead atoms. The van der Waals surface area contributed by atoms with Crippen molar-refractivity contribution in [2.45, 2.75) is 51.6 Å². The number of carbonyl (C=O) groups is 1. The maximum atomic E-state index is 11.9. The number of nitrogens with zero attached hydrogens (tertiary/aromatic N) is 1. The van der Waals surface area contributed by atoms with Crippen LogP contribution in [-0.2, 0) is 6.42 Å². The van der Waals surface area contributed by atoms with Gasteiger partial charge in [0.2, 0.25) is 0 Å². The number of benzene rings is 1. The lowest BCUT2D eigenvalue weighted by atomic mass is 10.0. The van der Waals surface area contributed by atoms with Crippen molar-refractivity contribution in [3.05, 3.63) is 35.9 Å². The fraction of sp³-hybridized carbons (Fsp3) is 0.611. The zero-order chi connectivity index (χ0) is 15.8. The van der Waals surface area contributed by atoms with E-state index in [1.165, 1.54) is 24.8 Å². The molecule has 1 aliphatic heterocycles. The Bertz CT molecular complexity index is 441. The van der Waals surface area contributed by atoms with Crippen molar-refractivity contribution in [2.24, 2.45) is 0 Å². The summed E-state index contributed by atoms with van der Waals surface area (Å²) in [5, 5.41) is 5.94. The van der Waals surface area contributed by atoms with Crippen LogP contribution in [0, 0.1) is 0 Å². The molecular formula is C18H29N3O. The third-order valence-electron chi connectivity index (χ3n) is 4.14. The van der Waals surface area contributed by atoms with Crippen molar-refractivity contribution in [3.8, 4) is 0 Å². The van der Waals surface area contributed by atoms with Gasteiger partial charge in [-0.25, -0.2) is 4.79 Å². The van der Waals surface area contributed by atoms with E-state index in [-0.39, 0.29) is 12.1 Å². The molecule has 1 aliphatic rings. The number of carbonyl (C=O) groups excluding carboxylic acids is 1. The van der Waals surface area contributed by atoms with Gasteiger partial charge in [-0.05, 0) is 51.8 Å². The molecule has 0 saturated carbocycles. The Balaban J connectivity index is 1.93. The van der Waals surface area contributed by atoms with Crippen LogP contribution >= 0.6 is 0 Å². The maximum absolute atomic E-state index is 11.9. The van der Waals surface area contributed by atoms with Crippen molar-refractivity contribution < 1.29 is 4.79 Å². The molecule has 1 saturated heterocycles. The first kappa shape index (κ1) is 16.8. The average molecular weight is 303 g/mol. The second kappa shape index (κ2) is 8.79. The van der Waals surface area contributed by atoms with E-state index in [0.29, 0.717) is 12.6 Å². The summed E-state index contributed by atoms with van der Waals surface area (Å²) < 4.78 is 0.